The molecule has 0 spiro atoms. The molecule has 0 amide bonds. The highest BCUT2D eigenvalue weighted by Gasteiger charge is 2.27. The van der Waals surface area contributed by atoms with Crippen LogP contribution in [-0.4, -0.2) is 37.7 Å². The van der Waals surface area contributed by atoms with Gasteiger partial charge in [-0.3, -0.25) is 4.90 Å². The Kier molecular flexibility index (Phi) is 5.48. The molecule has 1 fully saturated rings. The van der Waals surface area contributed by atoms with E-state index in [0.29, 0.717) is 12.1 Å². The maximum absolute atomic E-state index is 6.47. The Morgan fingerprint density at radius 1 is 1.19 bits per heavy atom. The van der Waals surface area contributed by atoms with Gasteiger partial charge in [0.1, 0.15) is 11.5 Å². The Bertz CT molecular complexity index is 454. The fraction of sp³-hybridized carbons (Fsp3) is 0.647. The van der Waals surface area contributed by atoms with Crippen LogP contribution in [0.1, 0.15) is 44.7 Å². The third-order valence-electron chi connectivity index (χ3n) is 4.62. The Hall–Kier alpha value is -1.26. The second-order valence-corrected chi connectivity index (χ2v) is 6.04. The minimum atomic E-state index is -0.0713. The number of likely N-dealkylation sites (tertiary alicyclic amines) is 1. The first-order valence-electron chi connectivity index (χ1n) is 7.80. The molecule has 21 heavy (non-hydrogen) atoms. The molecule has 0 saturated carbocycles. The summed E-state index contributed by atoms with van der Waals surface area (Å²) in [6.07, 6.45) is 3.83. The number of methoxy groups -OCH3 is 2. The standard InChI is InChI=1S/C17H28N2O2/c1-12-6-5-7-13(2)19(12)11-16(18)15-10-14(20-3)8-9-17(15)21-4/h8-10,12-13,16H,5-7,11,18H2,1-4H3/t12-,13+,16?. The summed E-state index contributed by atoms with van der Waals surface area (Å²) in [6.45, 7) is 5.45. The molecule has 1 heterocycles. The molecule has 0 aliphatic carbocycles. The van der Waals surface area contributed by atoms with E-state index in [-0.39, 0.29) is 6.04 Å². The van der Waals surface area contributed by atoms with Gasteiger partial charge in [-0.25, -0.2) is 0 Å². The minimum Gasteiger partial charge on any atom is -0.497 e. The quantitative estimate of drug-likeness (QED) is 0.906. The van der Waals surface area contributed by atoms with Gasteiger partial charge in [0, 0.05) is 30.2 Å². The van der Waals surface area contributed by atoms with Crippen molar-refractivity contribution in [3.05, 3.63) is 23.8 Å². The number of hydrogen-bond acceptors (Lipinski definition) is 4. The van der Waals surface area contributed by atoms with Crippen LogP contribution in [0.2, 0.25) is 0 Å². The van der Waals surface area contributed by atoms with Gasteiger partial charge in [0.15, 0.2) is 0 Å². The summed E-state index contributed by atoms with van der Waals surface area (Å²) in [4.78, 5) is 2.52. The molecule has 0 bridgehead atoms. The first-order chi connectivity index (χ1) is 10.1. The zero-order valence-corrected chi connectivity index (χ0v) is 13.6. The molecule has 3 atom stereocenters. The number of benzene rings is 1. The summed E-state index contributed by atoms with van der Waals surface area (Å²) in [5.74, 6) is 1.65. The van der Waals surface area contributed by atoms with Gasteiger partial charge in [-0.1, -0.05) is 6.42 Å². The van der Waals surface area contributed by atoms with Gasteiger partial charge in [-0.2, -0.15) is 0 Å². The summed E-state index contributed by atoms with van der Waals surface area (Å²) in [7, 11) is 3.36. The van der Waals surface area contributed by atoms with Crippen molar-refractivity contribution >= 4 is 0 Å². The van der Waals surface area contributed by atoms with Crippen molar-refractivity contribution in [2.45, 2.75) is 51.2 Å². The Balaban J connectivity index is 2.17. The largest absolute Gasteiger partial charge is 0.497 e. The molecule has 1 saturated heterocycles. The van der Waals surface area contributed by atoms with E-state index in [1.54, 1.807) is 14.2 Å². The molecule has 1 unspecified atom stereocenters. The van der Waals surface area contributed by atoms with Gasteiger partial charge in [0.05, 0.1) is 14.2 Å². The van der Waals surface area contributed by atoms with E-state index in [9.17, 15) is 0 Å². The van der Waals surface area contributed by atoms with Gasteiger partial charge in [-0.15, -0.1) is 0 Å². The van der Waals surface area contributed by atoms with Gasteiger partial charge in [0.25, 0.3) is 0 Å². The zero-order chi connectivity index (χ0) is 15.4. The predicted octanol–water partition coefficient (Wildman–Crippen LogP) is 2.97. The first-order valence-corrected chi connectivity index (χ1v) is 7.80. The van der Waals surface area contributed by atoms with Crippen LogP contribution in [0, 0.1) is 0 Å². The van der Waals surface area contributed by atoms with Crippen LogP contribution in [0.25, 0.3) is 0 Å². The van der Waals surface area contributed by atoms with Crippen LogP contribution in [0.3, 0.4) is 0 Å². The average molecular weight is 292 g/mol. The Morgan fingerprint density at radius 2 is 1.86 bits per heavy atom. The highest BCUT2D eigenvalue weighted by molar-refractivity contribution is 5.42. The van der Waals surface area contributed by atoms with Crippen molar-refractivity contribution in [2.75, 3.05) is 20.8 Å². The molecule has 4 nitrogen and oxygen atoms in total. The lowest BCUT2D eigenvalue weighted by Crippen LogP contribution is -2.46. The molecule has 1 aliphatic heterocycles. The lowest BCUT2D eigenvalue weighted by Gasteiger charge is -2.40. The normalized spacial score (nSPS) is 24.6. The average Bonchev–Trinajstić information content (AvgIpc) is 2.50. The summed E-state index contributed by atoms with van der Waals surface area (Å²) in [5, 5.41) is 0. The molecular formula is C17H28N2O2. The second-order valence-electron chi connectivity index (χ2n) is 6.04. The van der Waals surface area contributed by atoms with Crippen molar-refractivity contribution in [3.63, 3.8) is 0 Å². The summed E-state index contributed by atoms with van der Waals surface area (Å²) in [5.41, 5.74) is 7.49. The summed E-state index contributed by atoms with van der Waals surface area (Å²) >= 11 is 0. The number of piperidine rings is 1. The lowest BCUT2D eigenvalue weighted by atomic mass is 9.95. The van der Waals surface area contributed by atoms with Gasteiger partial charge < -0.3 is 15.2 Å². The Labute approximate surface area is 128 Å². The van der Waals surface area contributed by atoms with E-state index >= 15 is 0 Å². The lowest BCUT2D eigenvalue weighted by molar-refractivity contribution is 0.0958. The van der Waals surface area contributed by atoms with Crippen LogP contribution in [0.4, 0.5) is 0 Å². The molecule has 2 N–H and O–H groups in total. The molecule has 1 aromatic rings. The topological polar surface area (TPSA) is 47.7 Å². The van der Waals surface area contributed by atoms with Crippen LogP contribution in [0.15, 0.2) is 18.2 Å². The maximum Gasteiger partial charge on any atom is 0.123 e. The molecule has 0 aromatic heterocycles. The Morgan fingerprint density at radius 3 is 2.43 bits per heavy atom. The number of ether oxygens (including phenoxy) is 2. The van der Waals surface area contributed by atoms with Crippen molar-refractivity contribution < 1.29 is 9.47 Å². The van der Waals surface area contributed by atoms with Crippen LogP contribution in [0.5, 0.6) is 11.5 Å². The van der Waals surface area contributed by atoms with E-state index in [1.165, 1.54) is 19.3 Å². The molecule has 118 valence electrons. The van der Waals surface area contributed by atoms with Crippen LogP contribution in [-0.2, 0) is 0 Å². The van der Waals surface area contributed by atoms with E-state index in [1.807, 2.05) is 18.2 Å². The van der Waals surface area contributed by atoms with E-state index < -0.39 is 0 Å². The van der Waals surface area contributed by atoms with E-state index in [0.717, 1.165) is 23.6 Å². The highest BCUT2D eigenvalue weighted by Crippen LogP contribution is 2.31. The smallest absolute Gasteiger partial charge is 0.123 e. The minimum absolute atomic E-state index is 0.0713. The van der Waals surface area contributed by atoms with E-state index in [4.69, 9.17) is 15.2 Å². The molecule has 4 heteroatoms. The van der Waals surface area contributed by atoms with Gasteiger partial charge in [0.2, 0.25) is 0 Å². The monoisotopic (exact) mass is 292 g/mol. The van der Waals surface area contributed by atoms with Crippen molar-refractivity contribution in [1.29, 1.82) is 0 Å². The SMILES string of the molecule is COc1ccc(OC)c(C(N)CN2[C@H](C)CCC[C@@H]2C)c1. The van der Waals surface area contributed by atoms with Gasteiger partial charge in [-0.05, 0) is 44.9 Å². The fourth-order valence-corrected chi connectivity index (χ4v) is 3.29. The molecule has 0 radical (unpaired) electrons. The number of nitrogens with two attached hydrogens (primary N) is 1. The number of nitrogens with zero attached hydrogens (tertiary/aromatic N) is 1. The second kappa shape index (κ2) is 7.14. The molecule has 2 rings (SSSR count). The van der Waals surface area contributed by atoms with Crippen molar-refractivity contribution in [2.24, 2.45) is 5.73 Å². The molecule has 1 aromatic carbocycles. The third-order valence-corrected chi connectivity index (χ3v) is 4.62. The third kappa shape index (κ3) is 3.69. The van der Waals surface area contributed by atoms with Crippen LogP contribution < -0.4 is 15.2 Å². The van der Waals surface area contributed by atoms with Crippen molar-refractivity contribution in [3.8, 4) is 11.5 Å². The molecule has 1 aliphatic rings. The zero-order valence-electron chi connectivity index (χ0n) is 13.6. The number of hydrogen-bond donors (Lipinski definition) is 1. The summed E-state index contributed by atoms with van der Waals surface area (Å²) < 4.78 is 10.8. The van der Waals surface area contributed by atoms with Crippen molar-refractivity contribution in [1.82, 2.24) is 4.90 Å². The predicted molar refractivity (Wildman–Crippen MR) is 86.0 cm³/mol. The molecular weight excluding hydrogens is 264 g/mol. The first kappa shape index (κ1) is 16.1. The highest BCUT2D eigenvalue weighted by atomic mass is 16.5. The number of rotatable bonds is 5. The van der Waals surface area contributed by atoms with Crippen LogP contribution >= 0.6 is 0 Å². The van der Waals surface area contributed by atoms with Gasteiger partial charge >= 0.3 is 0 Å². The fourth-order valence-electron chi connectivity index (χ4n) is 3.29. The summed E-state index contributed by atoms with van der Waals surface area (Å²) in [6, 6.07) is 6.94. The van der Waals surface area contributed by atoms with E-state index in [2.05, 4.69) is 18.7 Å². The maximum atomic E-state index is 6.47.